The van der Waals surface area contributed by atoms with Gasteiger partial charge in [-0.15, -0.1) is 0 Å². The van der Waals surface area contributed by atoms with Crippen LogP contribution in [0.25, 0.3) is 5.69 Å². The molecule has 1 aromatic heterocycles. The van der Waals surface area contributed by atoms with Crippen LogP contribution in [0.5, 0.6) is 5.75 Å². The Kier molecular flexibility index (Phi) is 5.52. The van der Waals surface area contributed by atoms with Gasteiger partial charge < -0.3 is 4.74 Å². The molecule has 2 amide bonds. The van der Waals surface area contributed by atoms with Crippen LogP contribution in [0.4, 0.5) is 0 Å². The molecule has 1 aliphatic rings. The molecule has 3 aromatic rings. The smallest absolute Gasteiger partial charge is 0.290 e. The van der Waals surface area contributed by atoms with E-state index in [1.807, 2.05) is 67.1 Å². The average Bonchev–Trinajstić information content (AvgIpc) is 3.33. The number of rotatable bonds is 5. The van der Waals surface area contributed by atoms with Crippen molar-refractivity contribution < 1.29 is 14.3 Å². The number of nitrogens with one attached hydrogen (secondary N) is 2. The van der Waals surface area contributed by atoms with Crippen molar-refractivity contribution in [1.82, 2.24) is 20.6 Å². The Morgan fingerprint density at radius 1 is 1.03 bits per heavy atom. The SMILES string of the molecule is Cc1cc(C)cc(OCC(=O)NNC(=O)c2nn(-c3ccccc3)c3c2CCC3)c1. The molecular formula is C23H24N4O3. The topological polar surface area (TPSA) is 85.2 Å². The molecule has 30 heavy (non-hydrogen) atoms. The van der Waals surface area contributed by atoms with Crippen LogP contribution in [-0.2, 0) is 17.6 Å². The number of carbonyl (C=O) groups excluding carboxylic acids is 2. The third kappa shape index (κ3) is 4.20. The first kappa shape index (κ1) is 19.7. The van der Waals surface area contributed by atoms with Crippen molar-refractivity contribution in [3.63, 3.8) is 0 Å². The minimum Gasteiger partial charge on any atom is -0.484 e. The summed E-state index contributed by atoms with van der Waals surface area (Å²) in [6.07, 6.45) is 2.66. The fraction of sp³-hybridized carbons (Fsp3) is 0.261. The predicted molar refractivity (Wildman–Crippen MR) is 113 cm³/mol. The van der Waals surface area contributed by atoms with E-state index in [1.54, 1.807) is 0 Å². The van der Waals surface area contributed by atoms with Gasteiger partial charge in [0.05, 0.1) is 5.69 Å². The second kappa shape index (κ2) is 8.41. The second-order valence-corrected chi connectivity index (χ2v) is 7.49. The van der Waals surface area contributed by atoms with E-state index in [-0.39, 0.29) is 6.61 Å². The lowest BCUT2D eigenvalue weighted by Crippen LogP contribution is -2.44. The van der Waals surface area contributed by atoms with Crippen molar-refractivity contribution in [2.24, 2.45) is 0 Å². The predicted octanol–water partition coefficient (Wildman–Crippen LogP) is 2.82. The van der Waals surface area contributed by atoms with Crippen molar-refractivity contribution >= 4 is 11.8 Å². The maximum Gasteiger partial charge on any atom is 0.290 e. The Morgan fingerprint density at radius 2 is 1.77 bits per heavy atom. The van der Waals surface area contributed by atoms with Gasteiger partial charge in [-0.05, 0) is 68.5 Å². The summed E-state index contributed by atoms with van der Waals surface area (Å²) in [6, 6.07) is 15.5. The summed E-state index contributed by atoms with van der Waals surface area (Å²) in [7, 11) is 0. The summed E-state index contributed by atoms with van der Waals surface area (Å²) in [6.45, 7) is 3.74. The number of benzene rings is 2. The number of hydrogen-bond acceptors (Lipinski definition) is 4. The lowest BCUT2D eigenvalue weighted by Gasteiger charge is -2.09. The number of nitrogens with zero attached hydrogens (tertiary/aromatic N) is 2. The molecule has 0 radical (unpaired) electrons. The Hall–Kier alpha value is -3.61. The average molecular weight is 404 g/mol. The molecule has 7 nitrogen and oxygen atoms in total. The Bertz CT molecular complexity index is 1070. The minimum atomic E-state index is -0.443. The van der Waals surface area contributed by atoms with Gasteiger partial charge in [-0.25, -0.2) is 4.68 Å². The Balaban J connectivity index is 1.39. The first-order chi connectivity index (χ1) is 14.5. The fourth-order valence-electron chi connectivity index (χ4n) is 3.79. The van der Waals surface area contributed by atoms with Crippen LogP contribution in [0.15, 0.2) is 48.5 Å². The molecule has 2 N–H and O–H groups in total. The highest BCUT2D eigenvalue weighted by Crippen LogP contribution is 2.27. The first-order valence-corrected chi connectivity index (χ1v) is 9.98. The summed E-state index contributed by atoms with van der Waals surface area (Å²) < 4.78 is 7.34. The van der Waals surface area contributed by atoms with E-state index in [4.69, 9.17) is 4.74 Å². The molecule has 4 rings (SSSR count). The quantitative estimate of drug-likeness (QED) is 0.641. The lowest BCUT2D eigenvalue weighted by atomic mass is 10.1. The zero-order chi connectivity index (χ0) is 21.1. The second-order valence-electron chi connectivity index (χ2n) is 7.49. The number of hydrogen-bond donors (Lipinski definition) is 2. The van der Waals surface area contributed by atoms with Gasteiger partial charge in [-0.2, -0.15) is 5.10 Å². The normalized spacial score (nSPS) is 12.3. The van der Waals surface area contributed by atoms with Crippen LogP contribution in [-0.4, -0.2) is 28.2 Å². The molecule has 0 saturated heterocycles. The van der Waals surface area contributed by atoms with E-state index in [0.717, 1.165) is 47.3 Å². The van der Waals surface area contributed by atoms with Crippen LogP contribution in [0, 0.1) is 13.8 Å². The Labute approximate surface area is 175 Å². The molecule has 0 spiro atoms. The number of para-hydroxylation sites is 1. The summed E-state index contributed by atoms with van der Waals surface area (Å²) in [5.74, 6) is -0.252. The van der Waals surface area contributed by atoms with Gasteiger partial charge >= 0.3 is 0 Å². The van der Waals surface area contributed by atoms with E-state index in [1.165, 1.54) is 0 Å². The van der Waals surface area contributed by atoms with Crippen LogP contribution < -0.4 is 15.6 Å². The molecule has 1 heterocycles. The highest BCUT2D eigenvalue weighted by atomic mass is 16.5. The van der Waals surface area contributed by atoms with Gasteiger partial charge in [0.2, 0.25) is 0 Å². The van der Waals surface area contributed by atoms with Gasteiger partial charge in [0.25, 0.3) is 11.8 Å². The summed E-state index contributed by atoms with van der Waals surface area (Å²) in [5, 5.41) is 4.51. The van der Waals surface area contributed by atoms with Crippen molar-refractivity contribution in [2.75, 3.05) is 6.61 Å². The number of aryl methyl sites for hydroxylation is 2. The molecule has 0 bridgehead atoms. The van der Waals surface area contributed by atoms with Crippen LogP contribution in [0.2, 0.25) is 0 Å². The lowest BCUT2D eigenvalue weighted by molar-refractivity contribution is -0.123. The number of fused-ring (bicyclic) bond motifs is 1. The van der Waals surface area contributed by atoms with E-state index >= 15 is 0 Å². The number of hydrazine groups is 1. The molecule has 154 valence electrons. The van der Waals surface area contributed by atoms with Gasteiger partial charge in [0.15, 0.2) is 12.3 Å². The van der Waals surface area contributed by atoms with Gasteiger partial charge in [0.1, 0.15) is 5.75 Å². The van der Waals surface area contributed by atoms with Crippen LogP contribution >= 0.6 is 0 Å². The van der Waals surface area contributed by atoms with Crippen LogP contribution in [0.3, 0.4) is 0 Å². The molecule has 0 fully saturated rings. The van der Waals surface area contributed by atoms with E-state index in [9.17, 15) is 9.59 Å². The van der Waals surface area contributed by atoms with Crippen molar-refractivity contribution in [3.8, 4) is 11.4 Å². The molecule has 7 heteroatoms. The molecular weight excluding hydrogens is 380 g/mol. The van der Waals surface area contributed by atoms with Crippen molar-refractivity contribution in [3.05, 3.63) is 76.6 Å². The number of ether oxygens (including phenoxy) is 1. The molecule has 0 saturated carbocycles. The maximum absolute atomic E-state index is 12.7. The Morgan fingerprint density at radius 3 is 2.50 bits per heavy atom. The number of carbonyl (C=O) groups is 2. The zero-order valence-electron chi connectivity index (χ0n) is 17.1. The first-order valence-electron chi connectivity index (χ1n) is 9.98. The van der Waals surface area contributed by atoms with E-state index < -0.39 is 11.8 Å². The highest BCUT2D eigenvalue weighted by Gasteiger charge is 2.27. The number of amides is 2. The van der Waals surface area contributed by atoms with Crippen molar-refractivity contribution in [2.45, 2.75) is 33.1 Å². The van der Waals surface area contributed by atoms with Crippen molar-refractivity contribution in [1.29, 1.82) is 0 Å². The van der Waals surface area contributed by atoms with Gasteiger partial charge in [-0.1, -0.05) is 24.3 Å². The summed E-state index contributed by atoms with van der Waals surface area (Å²) in [5.41, 5.74) is 10.2. The highest BCUT2D eigenvalue weighted by molar-refractivity contribution is 5.95. The number of aromatic nitrogens is 2. The standard InChI is InChI=1S/C23H24N4O3/c1-15-11-16(2)13-18(12-15)30-14-21(28)24-25-23(29)22-19-9-6-10-20(19)27(26-22)17-7-4-3-5-8-17/h3-5,7-8,11-13H,6,9-10,14H2,1-2H3,(H,24,28)(H,25,29). The summed E-state index contributed by atoms with van der Waals surface area (Å²) in [4.78, 5) is 24.8. The van der Waals surface area contributed by atoms with Gasteiger partial charge in [0, 0.05) is 11.3 Å². The van der Waals surface area contributed by atoms with Gasteiger partial charge in [-0.3, -0.25) is 20.4 Å². The molecule has 1 aliphatic carbocycles. The minimum absolute atomic E-state index is 0.195. The zero-order valence-corrected chi connectivity index (χ0v) is 17.1. The molecule has 0 unspecified atom stereocenters. The maximum atomic E-state index is 12.7. The molecule has 0 atom stereocenters. The monoisotopic (exact) mass is 404 g/mol. The van der Waals surface area contributed by atoms with Crippen LogP contribution in [0.1, 0.15) is 39.3 Å². The fourth-order valence-corrected chi connectivity index (χ4v) is 3.79. The largest absolute Gasteiger partial charge is 0.484 e. The third-order valence-corrected chi connectivity index (χ3v) is 5.03. The van der Waals surface area contributed by atoms with E-state index in [0.29, 0.717) is 11.4 Å². The molecule has 2 aromatic carbocycles. The summed E-state index contributed by atoms with van der Waals surface area (Å²) >= 11 is 0. The third-order valence-electron chi connectivity index (χ3n) is 5.03. The van der Waals surface area contributed by atoms with E-state index in [2.05, 4.69) is 16.0 Å². The molecule has 0 aliphatic heterocycles.